The van der Waals surface area contributed by atoms with Crippen LogP contribution in [0.25, 0.3) is 0 Å². The van der Waals surface area contributed by atoms with Crippen LogP contribution in [-0.2, 0) is 4.79 Å². The summed E-state index contributed by atoms with van der Waals surface area (Å²) in [6.07, 6.45) is 0.967. The molecule has 0 bridgehead atoms. The van der Waals surface area contributed by atoms with Gasteiger partial charge in [-0.05, 0) is 38.5 Å². The van der Waals surface area contributed by atoms with Gasteiger partial charge in [0.2, 0.25) is 5.91 Å². The fourth-order valence-corrected chi connectivity index (χ4v) is 1.86. The molecular formula is C16H25N3O3. The lowest BCUT2D eigenvalue weighted by atomic mass is 10.1. The van der Waals surface area contributed by atoms with Gasteiger partial charge in [0.15, 0.2) is 0 Å². The van der Waals surface area contributed by atoms with Gasteiger partial charge in [0.25, 0.3) is 5.91 Å². The van der Waals surface area contributed by atoms with Crippen molar-refractivity contribution in [3.8, 4) is 5.75 Å². The van der Waals surface area contributed by atoms with Crippen LogP contribution in [0.1, 0.15) is 37.0 Å². The molecule has 0 aliphatic heterocycles. The van der Waals surface area contributed by atoms with E-state index in [2.05, 4.69) is 5.32 Å². The number of ether oxygens (including phenoxy) is 1. The smallest absolute Gasteiger partial charge is 0.253 e. The van der Waals surface area contributed by atoms with Gasteiger partial charge in [0.05, 0.1) is 12.3 Å². The molecule has 22 heavy (non-hydrogen) atoms. The minimum atomic E-state index is -0.120. The van der Waals surface area contributed by atoms with Crippen molar-refractivity contribution >= 4 is 17.5 Å². The SMILES string of the molecule is CCOc1cc(C(=O)N(C)C)ccc1NC(=O)CCC(C)N. The Bertz CT molecular complexity index is 527. The van der Waals surface area contributed by atoms with Gasteiger partial charge in [-0.15, -0.1) is 0 Å². The molecule has 1 unspecified atom stereocenters. The van der Waals surface area contributed by atoms with Gasteiger partial charge in [-0.1, -0.05) is 0 Å². The molecule has 0 aliphatic rings. The highest BCUT2D eigenvalue weighted by molar-refractivity contribution is 5.97. The van der Waals surface area contributed by atoms with E-state index in [1.165, 1.54) is 4.90 Å². The number of hydrogen-bond donors (Lipinski definition) is 2. The Labute approximate surface area is 131 Å². The first kappa shape index (κ1) is 18.0. The first-order valence-corrected chi connectivity index (χ1v) is 7.39. The Morgan fingerprint density at radius 3 is 2.59 bits per heavy atom. The normalized spacial score (nSPS) is 11.7. The van der Waals surface area contributed by atoms with Gasteiger partial charge >= 0.3 is 0 Å². The molecule has 1 atom stereocenters. The molecule has 2 amide bonds. The number of amides is 2. The summed E-state index contributed by atoms with van der Waals surface area (Å²) in [6.45, 7) is 4.16. The summed E-state index contributed by atoms with van der Waals surface area (Å²) >= 11 is 0. The van der Waals surface area contributed by atoms with Crippen LogP contribution >= 0.6 is 0 Å². The summed E-state index contributed by atoms with van der Waals surface area (Å²) in [5.41, 5.74) is 6.72. The van der Waals surface area contributed by atoms with Crippen molar-refractivity contribution in [2.45, 2.75) is 32.7 Å². The molecule has 1 rings (SSSR count). The zero-order valence-electron chi connectivity index (χ0n) is 13.7. The first-order valence-electron chi connectivity index (χ1n) is 7.39. The highest BCUT2D eigenvalue weighted by Crippen LogP contribution is 2.26. The van der Waals surface area contributed by atoms with E-state index in [9.17, 15) is 9.59 Å². The molecular weight excluding hydrogens is 282 g/mol. The van der Waals surface area contributed by atoms with Crippen molar-refractivity contribution in [2.75, 3.05) is 26.0 Å². The zero-order chi connectivity index (χ0) is 16.7. The first-order chi connectivity index (χ1) is 10.3. The molecule has 3 N–H and O–H groups in total. The van der Waals surface area contributed by atoms with Crippen LogP contribution in [0.15, 0.2) is 18.2 Å². The van der Waals surface area contributed by atoms with Crippen LogP contribution in [0.5, 0.6) is 5.75 Å². The molecule has 0 radical (unpaired) electrons. The highest BCUT2D eigenvalue weighted by Gasteiger charge is 2.14. The van der Waals surface area contributed by atoms with E-state index < -0.39 is 0 Å². The molecule has 0 spiro atoms. The molecule has 1 aromatic carbocycles. The van der Waals surface area contributed by atoms with E-state index in [1.54, 1.807) is 32.3 Å². The van der Waals surface area contributed by atoms with Crippen molar-refractivity contribution < 1.29 is 14.3 Å². The highest BCUT2D eigenvalue weighted by atomic mass is 16.5. The largest absolute Gasteiger partial charge is 0.492 e. The van der Waals surface area contributed by atoms with E-state index in [4.69, 9.17) is 10.5 Å². The van der Waals surface area contributed by atoms with E-state index >= 15 is 0 Å². The summed E-state index contributed by atoms with van der Waals surface area (Å²) in [4.78, 5) is 25.4. The van der Waals surface area contributed by atoms with Crippen molar-refractivity contribution in [2.24, 2.45) is 5.73 Å². The lowest BCUT2D eigenvalue weighted by molar-refractivity contribution is -0.116. The number of hydrogen-bond acceptors (Lipinski definition) is 4. The van der Waals surface area contributed by atoms with Gasteiger partial charge in [0.1, 0.15) is 5.75 Å². The predicted molar refractivity (Wildman–Crippen MR) is 87.1 cm³/mol. The topological polar surface area (TPSA) is 84.7 Å². The third-order valence-corrected chi connectivity index (χ3v) is 3.04. The second kappa shape index (κ2) is 8.38. The number of anilines is 1. The molecule has 0 aliphatic carbocycles. The molecule has 0 heterocycles. The lowest BCUT2D eigenvalue weighted by Gasteiger charge is -2.15. The van der Waals surface area contributed by atoms with Crippen LogP contribution < -0.4 is 15.8 Å². The molecule has 0 aromatic heterocycles. The average Bonchev–Trinajstić information content (AvgIpc) is 2.46. The Morgan fingerprint density at radius 2 is 2.05 bits per heavy atom. The lowest BCUT2D eigenvalue weighted by Crippen LogP contribution is -2.22. The summed E-state index contributed by atoms with van der Waals surface area (Å²) in [7, 11) is 3.37. The Balaban J connectivity index is 2.90. The molecule has 122 valence electrons. The number of rotatable bonds is 7. The molecule has 0 fully saturated rings. The van der Waals surface area contributed by atoms with E-state index in [0.717, 1.165) is 0 Å². The third kappa shape index (κ3) is 5.37. The molecule has 1 aromatic rings. The monoisotopic (exact) mass is 307 g/mol. The maximum absolute atomic E-state index is 12.0. The molecule has 6 nitrogen and oxygen atoms in total. The number of carbonyl (C=O) groups excluding carboxylic acids is 2. The number of nitrogens with two attached hydrogens (primary N) is 1. The molecule has 6 heteroatoms. The second-order valence-corrected chi connectivity index (χ2v) is 5.41. The van der Waals surface area contributed by atoms with E-state index in [0.29, 0.717) is 36.4 Å². The zero-order valence-corrected chi connectivity index (χ0v) is 13.7. The van der Waals surface area contributed by atoms with Crippen molar-refractivity contribution in [3.05, 3.63) is 23.8 Å². The quantitative estimate of drug-likeness (QED) is 0.805. The number of nitrogens with one attached hydrogen (secondary N) is 1. The molecule has 0 saturated carbocycles. The number of benzene rings is 1. The number of nitrogens with zero attached hydrogens (tertiary/aromatic N) is 1. The van der Waals surface area contributed by atoms with Gasteiger partial charge in [-0.3, -0.25) is 9.59 Å². The van der Waals surface area contributed by atoms with Gasteiger partial charge < -0.3 is 20.7 Å². The summed E-state index contributed by atoms with van der Waals surface area (Å²) < 4.78 is 5.52. The van der Waals surface area contributed by atoms with Gasteiger partial charge in [-0.2, -0.15) is 0 Å². The predicted octanol–water partition coefficient (Wildman–Crippen LogP) is 1.85. The van der Waals surface area contributed by atoms with Crippen LogP contribution in [0, 0.1) is 0 Å². The average molecular weight is 307 g/mol. The minimum absolute atomic E-state index is 0.0165. The summed E-state index contributed by atoms with van der Waals surface area (Å²) in [5, 5.41) is 2.80. The second-order valence-electron chi connectivity index (χ2n) is 5.41. The number of carbonyl (C=O) groups is 2. The van der Waals surface area contributed by atoms with E-state index in [-0.39, 0.29) is 17.9 Å². The maximum Gasteiger partial charge on any atom is 0.253 e. The van der Waals surface area contributed by atoms with Crippen LogP contribution in [0.4, 0.5) is 5.69 Å². The van der Waals surface area contributed by atoms with E-state index in [1.807, 2.05) is 13.8 Å². The van der Waals surface area contributed by atoms with Gasteiger partial charge in [-0.25, -0.2) is 0 Å². The third-order valence-electron chi connectivity index (χ3n) is 3.04. The van der Waals surface area contributed by atoms with Crippen LogP contribution in [0.2, 0.25) is 0 Å². The Hall–Kier alpha value is -2.08. The summed E-state index contributed by atoms with van der Waals surface area (Å²) in [5.74, 6) is 0.255. The Kier molecular flexibility index (Phi) is 6.85. The fraction of sp³-hybridized carbons (Fsp3) is 0.500. The van der Waals surface area contributed by atoms with Crippen molar-refractivity contribution in [1.29, 1.82) is 0 Å². The Morgan fingerprint density at radius 1 is 1.36 bits per heavy atom. The van der Waals surface area contributed by atoms with Gasteiger partial charge in [0, 0.05) is 32.1 Å². The van der Waals surface area contributed by atoms with Crippen LogP contribution in [0.3, 0.4) is 0 Å². The van der Waals surface area contributed by atoms with Crippen LogP contribution in [-0.4, -0.2) is 43.5 Å². The summed E-state index contributed by atoms with van der Waals surface area (Å²) in [6, 6.07) is 4.99. The van der Waals surface area contributed by atoms with Crippen molar-refractivity contribution in [3.63, 3.8) is 0 Å². The maximum atomic E-state index is 12.0. The molecule has 0 saturated heterocycles. The minimum Gasteiger partial charge on any atom is -0.492 e. The fourth-order valence-electron chi connectivity index (χ4n) is 1.86. The van der Waals surface area contributed by atoms with Crippen molar-refractivity contribution in [1.82, 2.24) is 4.90 Å². The standard InChI is InChI=1S/C16H25N3O3/c1-5-22-14-10-12(16(21)19(3)4)7-8-13(14)18-15(20)9-6-11(2)17/h7-8,10-11H,5-6,9,17H2,1-4H3,(H,18,20).